The third-order valence-electron chi connectivity index (χ3n) is 1.72. The van der Waals surface area contributed by atoms with Crippen molar-refractivity contribution in [2.24, 2.45) is 0 Å². The predicted molar refractivity (Wildman–Crippen MR) is 41.6 cm³/mol. The molecule has 0 aliphatic heterocycles. The normalized spacial score (nSPS) is 13.0. The van der Waals surface area contributed by atoms with Crippen molar-refractivity contribution in [3.05, 3.63) is 35.4 Å². The minimum absolute atomic E-state index is 0.236. The number of aliphatic hydroxyl groups excluding tert-OH is 1. The maximum absolute atomic E-state index is 12.9. The van der Waals surface area contributed by atoms with Crippen LogP contribution in [0.4, 0.5) is 8.78 Å². The van der Waals surface area contributed by atoms with Gasteiger partial charge in [-0.25, -0.2) is 8.78 Å². The molecule has 0 unspecified atom stereocenters. The molecule has 1 N–H and O–H groups in total. The molecule has 0 heterocycles. The Balaban J connectivity index is 3.12. The molecule has 0 fully saturated rings. The molecule has 1 aromatic rings. The van der Waals surface area contributed by atoms with Crippen LogP contribution >= 0.6 is 0 Å². The smallest absolute Gasteiger partial charge is 0.131 e. The molecule has 0 aliphatic rings. The fourth-order valence-electron chi connectivity index (χ4n) is 1.03. The molecule has 1 nitrogen and oxygen atoms in total. The molecular weight excluding hydrogens is 162 g/mol. The lowest BCUT2D eigenvalue weighted by molar-refractivity contribution is 0.164. The molecule has 1 aromatic carbocycles. The zero-order chi connectivity index (χ0) is 9.14. The SMILES string of the molecule is CC[C@@H](O)c1c(F)cccc1F. The number of rotatable bonds is 2. The van der Waals surface area contributed by atoms with Crippen LogP contribution in [-0.2, 0) is 0 Å². The number of benzene rings is 1. The molecule has 0 spiro atoms. The highest BCUT2D eigenvalue weighted by Crippen LogP contribution is 2.22. The Kier molecular flexibility index (Phi) is 2.76. The quantitative estimate of drug-likeness (QED) is 0.726. The molecular formula is C9H10F2O. The van der Waals surface area contributed by atoms with Gasteiger partial charge in [0, 0.05) is 0 Å². The monoisotopic (exact) mass is 172 g/mol. The first-order valence-corrected chi connectivity index (χ1v) is 3.78. The molecule has 3 heteroatoms. The number of aliphatic hydroxyl groups is 1. The zero-order valence-corrected chi connectivity index (χ0v) is 6.72. The Morgan fingerprint density at radius 1 is 1.33 bits per heavy atom. The lowest BCUT2D eigenvalue weighted by Crippen LogP contribution is -2.02. The van der Waals surface area contributed by atoms with Gasteiger partial charge in [-0.05, 0) is 18.6 Å². The summed E-state index contributed by atoms with van der Waals surface area (Å²) in [6.07, 6.45) is -0.746. The highest BCUT2D eigenvalue weighted by atomic mass is 19.1. The molecule has 12 heavy (non-hydrogen) atoms. The maximum Gasteiger partial charge on any atom is 0.131 e. The summed E-state index contributed by atoms with van der Waals surface area (Å²) < 4.78 is 25.8. The van der Waals surface area contributed by atoms with E-state index in [-0.39, 0.29) is 5.56 Å². The van der Waals surface area contributed by atoms with E-state index in [2.05, 4.69) is 0 Å². The summed E-state index contributed by atoms with van der Waals surface area (Å²) in [7, 11) is 0. The van der Waals surface area contributed by atoms with Crippen molar-refractivity contribution in [3.8, 4) is 0 Å². The first kappa shape index (κ1) is 9.13. The Labute approximate surface area is 69.7 Å². The van der Waals surface area contributed by atoms with Crippen molar-refractivity contribution in [2.75, 3.05) is 0 Å². The second-order valence-electron chi connectivity index (χ2n) is 2.56. The van der Waals surface area contributed by atoms with Crippen molar-refractivity contribution in [2.45, 2.75) is 19.4 Å². The van der Waals surface area contributed by atoms with Crippen LogP contribution in [0.5, 0.6) is 0 Å². The number of halogens is 2. The lowest BCUT2D eigenvalue weighted by atomic mass is 10.1. The molecule has 0 saturated carbocycles. The molecule has 0 saturated heterocycles. The van der Waals surface area contributed by atoms with Crippen LogP contribution in [0.3, 0.4) is 0 Å². The van der Waals surface area contributed by atoms with Gasteiger partial charge < -0.3 is 5.11 Å². The Morgan fingerprint density at radius 2 is 1.83 bits per heavy atom. The molecule has 0 radical (unpaired) electrons. The van der Waals surface area contributed by atoms with Gasteiger partial charge in [-0.1, -0.05) is 13.0 Å². The average Bonchev–Trinajstić information content (AvgIpc) is 2.03. The summed E-state index contributed by atoms with van der Waals surface area (Å²) in [6, 6.07) is 3.55. The van der Waals surface area contributed by atoms with E-state index < -0.39 is 17.7 Å². The van der Waals surface area contributed by atoms with Gasteiger partial charge in [0.05, 0.1) is 11.7 Å². The van der Waals surface area contributed by atoms with E-state index in [1.54, 1.807) is 6.92 Å². The van der Waals surface area contributed by atoms with Gasteiger partial charge in [0.2, 0.25) is 0 Å². The van der Waals surface area contributed by atoms with Crippen molar-refractivity contribution in [1.82, 2.24) is 0 Å². The fraction of sp³-hybridized carbons (Fsp3) is 0.333. The van der Waals surface area contributed by atoms with Gasteiger partial charge in [0.1, 0.15) is 11.6 Å². The topological polar surface area (TPSA) is 20.2 Å². The first-order valence-electron chi connectivity index (χ1n) is 3.78. The van der Waals surface area contributed by atoms with Crippen LogP contribution < -0.4 is 0 Å². The van der Waals surface area contributed by atoms with Crippen molar-refractivity contribution < 1.29 is 13.9 Å². The standard InChI is InChI=1S/C9H10F2O/c1-2-8(12)9-6(10)4-3-5-7(9)11/h3-5,8,12H,2H2,1H3/t8-/m1/s1. The van der Waals surface area contributed by atoms with Gasteiger partial charge in [-0.2, -0.15) is 0 Å². The fourth-order valence-corrected chi connectivity index (χ4v) is 1.03. The second kappa shape index (κ2) is 3.63. The van der Waals surface area contributed by atoms with E-state index in [4.69, 9.17) is 0 Å². The van der Waals surface area contributed by atoms with Crippen molar-refractivity contribution in [1.29, 1.82) is 0 Å². The lowest BCUT2D eigenvalue weighted by Gasteiger charge is -2.09. The number of hydrogen-bond acceptors (Lipinski definition) is 1. The van der Waals surface area contributed by atoms with Crippen LogP contribution in [0.25, 0.3) is 0 Å². The summed E-state index contributed by atoms with van der Waals surface area (Å²) in [6.45, 7) is 1.66. The van der Waals surface area contributed by atoms with Gasteiger partial charge in [0.15, 0.2) is 0 Å². The van der Waals surface area contributed by atoms with E-state index in [0.29, 0.717) is 6.42 Å². The Bertz CT molecular complexity index is 253. The van der Waals surface area contributed by atoms with E-state index in [1.807, 2.05) is 0 Å². The van der Waals surface area contributed by atoms with Crippen LogP contribution in [0.1, 0.15) is 25.0 Å². The minimum Gasteiger partial charge on any atom is -0.388 e. The summed E-state index contributed by atoms with van der Waals surface area (Å²) in [5, 5.41) is 9.21. The van der Waals surface area contributed by atoms with E-state index in [9.17, 15) is 13.9 Å². The molecule has 66 valence electrons. The zero-order valence-electron chi connectivity index (χ0n) is 6.72. The Morgan fingerprint density at radius 3 is 2.25 bits per heavy atom. The van der Waals surface area contributed by atoms with Crippen LogP contribution in [-0.4, -0.2) is 5.11 Å². The largest absolute Gasteiger partial charge is 0.388 e. The van der Waals surface area contributed by atoms with Crippen molar-refractivity contribution in [3.63, 3.8) is 0 Å². The summed E-state index contributed by atoms with van der Waals surface area (Å²) >= 11 is 0. The third kappa shape index (κ3) is 1.61. The van der Waals surface area contributed by atoms with Gasteiger partial charge >= 0.3 is 0 Å². The van der Waals surface area contributed by atoms with E-state index in [1.165, 1.54) is 6.07 Å². The molecule has 1 rings (SSSR count). The van der Waals surface area contributed by atoms with Gasteiger partial charge in [0.25, 0.3) is 0 Å². The van der Waals surface area contributed by atoms with Crippen LogP contribution in [0, 0.1) is 11.6 Å². The van der Waals surface area contributed by atoms with Crippen LogP contribution in [0.15, 0.2) is 18.2 Å². The van der Waals surface area contributed by atoms with Gasteiger partial charge in [-0.15, -0.1) is 0 Å². The summed E-state index contributed by atoms with van der Waals surface area (Å²) in [5.41, 5.74) is -0.236. The first-order chi connectivity index (χ1) is 5.66. The van der Waals surface area contributed by atoms with E-state index >= 15 is 0 Å². The average molecular weight is 172 g/mol. The highest BCUT2D eigenvalue weighted by molar-refractivity contribution is 5.21. The maximum atomic E-state index is 12.9. The highest BCUT2D eigenvalue weighted by Gasteiger charge is 2.15. The molecule has 1 atom stereocenters. The van der Waals surface area contributed by atoms with E-state index in [0.717, 1.165) is 12.1 Å². The predicted octanol–water partition coefficient (Wildman–Crippen LogP) is 2.41. The van der Waals surface area contributed by atoms with Crippen LogP contribution in [0.2, 0.25) is 0 Å². The molecule has 0 aliphatic carbocycles. The minimum atomic E-state index is -1.05. The second-order valence-corrected chi connectivity index (χ2v) is 2.56. The summed E-state index contributed by atoms with van der Waals surface area (Å²) in [5.74, 6) is -1.38. The third-order valence-corrected chi connectivity index (χ3v) is 1.72. The number of hydrogen-bond donors (Lipinski definition) is 1. The molecule has 0 aromatic heterocycles. The molecule has 0 bridgehead atoms. The molecule has 0 amide bonds. The summed E-state index contributed by atoms with van der Waals surface area (Å²) in [4.78, 5) is 0. The van der Waals surface area contributed by atoms with Crippen molar-refractivity contribution >= 4 is 0 Å². The van der Waals surface area contributed by atoms with Gasteiger partial charge in [-0.3, -0.25) is 0 Å². The Hall–Kier alpha value is -0.960.